The summed E-state index contributed by atoms with van der Waals surface area (Å²) in [6, 6.07) is 8.81. The van der Waals surface area contributed by atoms with Crippen molar-refractivity contribution in [1.82, 2.24) is 0 Å². The fraction of sp³-hybridized carbons (Fsp3) is 0.714. The first-order valence-corrected chi connectivity index (χ1v) is 12.3. The minimum Gasteiger partial charge on any atom is -0.413 e. The number of hydrogen-bond donors (Lipinski definition) is 1. The van der Waals surface area contributed by atoms with Crippen LogP contribution in [0.5, 0.6) is 0 Å². The van der Waals surface area contributed by atoms with Crippen LogP contribution >= 0.6 is 0 Å². The molecule has 0 unspecified atom stereocenters. The van der Waals surface area contributed by atoms with Gasteiger partial charge in [-0.1, -0.05) is 45.0 Å². The lowest BCUT2D eigenvalue weighted by Crippen LogP contribution is -2.57. The highest BCUT2D eigenvalue weighted by atomic mass is 28.4. The molecule has 24 heavy (non-hydrogen) atoms. The Morgan fingerprint density at radius 3 is 2.29 bits per heavy atom. The van der Waals surface area contributed by atoms with E-state index in [1.165, 1.54) is 11.1 Å². The SMILES string of the molecule is CC(C)(O)[C@H]1C[C@H]2[C@@H]1c1ccccc1C[C@H]2O[Si](C)(C)C(C)(C)C. The van der Waals surface area contributed by atoms with Crippen LogP contribution in [0.3, 0.4) is 0 Å². The van der Waals surface area contributed by atoms with Gasteiger partial charge in [0, 0.05) is 0 Å². The summed E-state index contributed by atoms with van der Waals surface area (Å²) in [6.07, 6.45) is 2.42. The van der Waals surface area contributed by atoms with Gasteiger partial charge in [0.15, 0.2) is 8.32 Å². The van der Waals surface area contributed by atoms with Crippen LogP contribution in [0.4, 0.5) is 0 Å². The fourth-order valence-corrected chi connectivity index (χ4v) is 5.71. The number of hydrogen-bond acceptors (Lipinski definition) is 2. The fourth-order valence-electron chi connectivity index (χ4n) is 4.34. The van der Waals surface area contributed by atoms with Crippen molar-refractivity contribution >= 4 is 8.32 Å². The molecule has 0 aromatic heterocycles. The van der Waals surface area contributed by atoms with E-state index >= 15 is 0 Å². The average Bonchev–Trinajstić information content (AvgIpc) is 2.35. The zero-order chi connectivity index (χ0) is 17.9. The molecule has 4 atom stereocenters. The van der Waals surface area contributed by atoms with E-state index in [1.54, 1.807) is 0 Å². The van der Waals surface area contributed by atoms with Gasteiger partial charge in [-0.15, -0.1) is 0 Å². The molecular weight excluding hydrogens is 312 g/mol. The largest absolute Gasteiger partial charge is 0.413 e. The third kappa shape index (κ3) is 3.00. The van der Waals surface area contributed by atoms with Gasteiger partial charge in [-0.3, -0.25) is 0 Å². The lowest BCUT2D eigenvalue weighted by molar-refractivity contribution is -0.0959. The zero-order valence-corrected chi connectivity index (χ0v) is 17.4. The van der Waals surface area contributed by atoms with Crippen LogP contribution in [0.2, 0.25) is 18.1 Å². The zero-order valence-electron chi connectivity index (χ0n) is 16.4. The Labute approximate surface area is 148 Å². The summed E-state index contributed by atoms with van der Waals surface area (Å²) in [7, 11) is -1.78. The van der Waals surface area contributed by atoms with Crippen molar-refractivity contribution < 1.29 is 9.53 Å². The van der Waals surface area contributed by atoms with Gasteiger partial charge in [0.25, 0.3) is 0 Å². The molecule has 0 spiro atoms. The second-order valence-corrected chi connectivity index (χ2v) is 14.8. The highest BCUT2D eigenvalue weighted by Gasteiger charge is 2.55. The van der Waals surface area contributed by atoms with Gasteiger partial charge in [-0.05, 0) is 73.7 Å². The third-order valence-electron chi connectivity index (χ3n) is 6.89. The number of rotatable bonds is 3. The Kier molecular flexibility index (Phi) is 4.30. The maximum absolute atomic E-state index is 10.6. The van der Waals surface area contributed by atoms with E-state index in [-0.39, 0.29) is 5.04 Å². The van der Waals surface area contributed by atoms with Crippen LogP contribution < -0.4 is 0 Å². The van der Waals surface area contributed by atoms with E-state index in [4.69, 9.17) is 4.43 Å². The van der Waals surface area contributed by atoms with Crippen LogP contribution in [0.15, 0.2) is 24.3 Å². The lowest BCUT2D eigenvalue weighted by Gasteiger charge is -2.57. The molecule has 0 bridgehead atoms. The summed E-state index contributed by atoms with van der Waals surface area (Å²) in [5.41, 5.74) is 2.26. The molecule has 0 saturated heterocycles. The summed E-state index contributed by atoms with van der Waals surface area (Å²) in [5.74, 6) is 1.35. The van der Waals surface area contributed by atoms with Gasteiger partial charge in [0.05, 0.1) is 11.7 Å². The maximum atomic E-state index is 10.6. The molecule has 0 aliphatic heterocycles. The summed E-state index contributed by atoms with van der Waals surface area (Å²) in [6.45, 7) is 15.6. The van der Waals surface area contributed by atoms with Gasteiger partial charge in [-0.2, -0.15) is 0 Å². The predicted octanol–water partition coefficient (Wildman–Crippen LogP) is 5.12. The summed E-state index contributed by atoms with van der Waals surface area (Å²) in [5, 5.41) is 10.9. The third-order valence-corrected chi connectivity index (χ3v) is 11.4. The van der Waals surface area contributed by atoms with Crippen LogP contribution in [-0.4, -0.2) is 25.1 Å². The number of benzene rings is 1. The molecule has 3 heteroatoms. The Balaban J connectivity index is 1.91. The highest BCUT2D eigenvalue weighted by Crippen LogP contribution is 2.58. The van der Waals surface area contributed by atoms with Gasteiger partial charge in [-0.25, -0.2) is 0 Å². The number of fused-ring (bicyclic) bond motifs is 3. The van der Waals surface area contributed by atoms with E-state index < -0.39 is 13.9 Å². The molecule has 0 radical (unpaired) electrons. The van der Waals surface area contributed by atoms with Crippen molar-refractivity contribution in [3.8, 4) is 0 Å². The van der Waals surface area contributed by atoms with E-state index in [0.29, 0.717) is 23.9 Å². The molecule has 1 saturated carbocycles. The molecule has 2 aliphatic carbocycles. The van der Waals surface area contributed by atoms with Gasteiger partial charge in [0.2, 0.25) is 0 Å². The van der Waals surface area contributed by atoms with E-state index in [1.807, 2.05) is 13.8 Å². The Bertz CT molecular complexity index is 609. The Hall–Kier alpha value is -0.643. The van der Waals surface area contributed by atoms with Gasteiger partial charge in [0.1, 0.15) is 0 Å². The molecule has 1 aromatic carbocycles. The standard InChI is InChI=1S/C21H34O2Si/c1-20(2,3)24(6,7)23-18-12-14-10-8-9-11-15(14)19-16(18)13-17(19)21(4,5)22/h8-11,16-19,22H,12-13H2,1-7H3/t16-,17+,18-,19+/m1/s1. The second kappa shape index (κ2) is 5.68. The molecule has 2 nitrogen and oxygen atoms in total. The van der Waals surface area contributed by atoms with Crippen LogP contribution in [0.25, 0.3) is 0 Å². The minimum atomic E-state index is -1.78. The molecule has 0 heterocycles. The van der Waals surface area contributed by atoms with Crippen molar-refractivity contribution in [2.75, 3.05) is 0 Å². The highest BCUT2D eigenvalue weighted by molar-refractivity contribution is 6.74. The van der Waals surface area contributed by atoms with Gasteiger partial charge >= 0.3 is 0 Å². The minimum absolute atomic E-state index is 0.235. The molecule has 3 rings (SSSR count). The topological polar surface area (TPSA) is 29.5 Å². The average molecular weight is 347 g/mol. The molecule has 0 amide bonds. The van der Waals surface area contributed by atoms with Crippen molar-refractivity contribution in [2.45, 2.75) is 83.2 Å². The quantitative estimate of drug-likeness (QED) is 0.769. The summed E-state index contributed by atoms with van der Waals surface area (Å²) >= 11 is 0. The molecule has 134 valence electrons. The van der Waals surface area contributed by atoms with Crippen molar-refractivity contribution in [1.29, 1.82) is 0 Å². The second-order valence-electron chi connectivity index (χ2n) is 10.0. The van der Waals surface area contributed by atoms with Gasteiger partial charge < -0.3 is 9.53 Å². The van der Waals surface area contributed by atoms with Crippen LogP contribution in [0.1, 0.15) is 58.1 Å². The smallest absolute Gasteiger partial charge is 0.192 e. The first-order chi connectivity index (χ1) is 10.9. The summed E-state index contributed by atoms with van der Waals surface area (Å²) in [4.78, 5) is 0. The van der Waals surface area contributed by atoms with Crippen molar-refractivity contribution in [3.63, 3.8) is 0 Å². The number of aliphatic hydroxyl groups is 1. The normalized spacial score (nSPS) is 30.3. The molecule has 2 aliphatic rings. The van der Waals surface area contributed by atoms with Crippen molar-refractivity contribution in [3.05, 3.63) is 35.4 Å². The molecule has 1 aromatic rings. The monoisotopic (exact) mass is 346 g/mol. The molecule has 1 fully saturated rings. The lowest BCUT2D eigenvalue weighted by atomic mass is 9.52. The van der Waals surface area contributed by atoms with Crippen LogP contribution in [-0.2, 0) is 10.8 Å². The molecular formula is C21H34O2Si. The van der Waals surface area contributed by atoms with E-state index in [0.717, 1.165) is 12.8 Å². The predicted molar refractivity (Wildman–Crippen MR) is 103 cm³/mol. The summed E-state index contributed by atoms with van der Waals surface area (Å²) < 4.78 is 6.85. The maximum Gasteiger partial charge on any atom is 0.192 e. The Morgan fingerprint density at radius 2 is 1.71 bits per heavy atom. The first-order valence-electron chi connectivity index (χ1n) is 9.40. The van der Waals surface area contributed by atoms with E-state index in [2.05, 4.69) is 58.1 Å². The van der Waals surface area contributed by atoms with Crippen molar-refractivity contribution in [2.24, 2.45) is 11.8 Å². The Morgan fingerprint density at radius 1 is 1.08 bits per heavy atom. The van der Waals surface area contributed by atoms with E-state index in [9.17, 15) is 5.11 Å². The molecule has 1 N–H and O–H groups in total. The van der Waals surface area contributed by atoms with Crippen LogP contribution in [0, 0.1) is 11.8 Å². The first kappa shape index (κ1) is 18.2.